The molecule has 1 aliphatic carbocycles. The van der Waals surface area contributed by atoms with Crippen molar-refractivity contribution in [3.63, 3.8) is 0 Å². The minimum absolute atomic E-state index is 0.0798. The van der Waals surface area contributed by atoms with E-state index in [4.69, 9.17) is 4.74 Å². The van der Waals surface area contributed by atoms with Gasteiger partial charge in [-0.3, -0.25) is 9.78 Å². The summed E-state index contributed by atoms with van der Waals surface area (Å²) in [5.41, 5.74) is 1.45. The molecule has 4 rings (SSSR count). The van der Waals surface area contributed by atoms with Crippen LogP contribution in [-0.4, -0.2) is 59.6 Å². The molecule has 0 spiro atoms. The van der Waals surface area contributed by atoms with Crippen LogP contribution < -0.4 is 15.0 Å². The Labute approximate surface area is 170 Å². The number of amides is 1. The molecule has 1 saturated heterocycles. The Kier molecular flexibility index (Phi) is 5.43. The van der Waals surface area contributed by atoms with E-state index in [0.29, 0.717) is 32.4 Å². The summed E-state index contributed by atoms with van der Waals surface area (Å²) in [6.07, 6.45) is 3.45. The topological polar surface area (TPSA) is 94.9 Å². The molecule has 2 fully saturated rings. The van der Waals surface area contributed by atoms with Crippen molar-refractivity contribution >= 4 is 11.6 Å². The Morgan fingerprint density at radius 2 is 2.00 bits per heavy atom. The van der Waals surface area contributed by atoms with Gasteiger partial charge in [-0.2, -0.15) is 0 Å². The number of nitrogens with zero attached hydrogens (tertiary/aromatic N) is 2. The number of aliphatic hydroxyl groups excluding tert-OH is 2. The molecule has 0 radical (unpaired) electrons. The molecule has 1 aromatic carbocycles. The van der Waals surface area contributed by atoms with Crippen LogP contribution in [0.25, 0.3) is 0 Å². The van der Waals surface area contributed by atoms with Crippen LogP contribution in [0.5, 0.6) is 5.75 Å². The van der Waals surface area contributed by atoms with E-state index in [-0.39, 0.29) is 5.91 Å². The molecule has 1 aromatic heterocycles. The Balaban J connectivity index is 1.53. The van der Waals surface area contributed by atoms with Crippen molar-refractivity contribution in [1.82, 2.24) is 10.3 Å². The molecule has 1 amide bonds. The molecule has 1 saturated carbocycles. The van der Waals surface area contributed by atoms with Gasteiger partial charge in [0.15, 0.2) is 0 Å². The zero-order valence-electron chi connectivity index (χ0n) is 16.5. The molecule has 2 heterocycles. The molecule has 154 valence electrons. The lowest BCUT2D eigenvalue weighted by atomic mass is 9.73. The highest BCUT2D eigenvalue weighted by Gasteiger charge is 2.50. The second kappa shape index (κ2) is 8.00. The number of rotatable bonds is 6. The van der Waals surface area contributed by atoms with E-state index >= 15 is 0 Å². The van der Waals surface area contributed by atoms with Gasteiger partial charge in [-0.05, 0) is 49.1 Å². The molecular formula is C22H27N3O4. The average molecular weight is 397 g/mol. The van der Waals surface area contributed by atoms with Gasteiger partial charge in [0, 0.05) is 31.2 Å². The first-order chi connectivity index (χ1) is 14.0. The van der Waals surface area contributed by atoms with Gasteiger partial charge in [0.1, 0.15) is 5.75 Å². The fraction of sp³-hybridized carbons (Fsp3) is 0.455. The van der Waals surface area contributed by atoms with Gasteiger partial charge in [-0.1, -0.05) is 12.1 Å². The van der Waals surface area contributed by atoms with Crippen molar-refractivity contribution in [1.29, 1.82) is 0 Å². The number of nitrogens with one attached hydrogen (secondary N) is 1. The molecule has 0 bridgehead atoms. The summed E-state index contributed by atoms with van der Waals surface area (Å²) >= 11 is 0. The summed E-state index contributed by atoms with van der Waals surface area (Å²) in [4.78, 5) is 19.5. The maximum atomic E-state index is 13.3. The third-order valence-corrected chi connectivity index (χ3v) is 6.07. The van der Waals surface area contributed by atoms with Crippen LogP contribution in [0.3, 0.4) is 0 Å². The van der Waals surface area contributed by atoms with Crippen LogP contribution >= 0.6 is 0 Å². The van der Waals surface area contributed by atoms with Crippen molar-refractivity contribution in [3.05, 3.63) is 54.4 Å². The number of methoxy groups -OCH3 is 1. The molecule has 7 nitrogen and oxygen atoms in total. The molecule has 0 unspecified atom stereocenters. The smallest absolute Gasteiger partial charge is 0.230 e. The number of carbonyl (C=O) groups excluding carboxylic acids is 1. The van der Waals surface area contributed by atoms with E-state index in [0.717, 1.165) is 17.0 Å². The zero-order valence-corrected chi connectivity index (χ0v) is 16.5. The molecule has 1 aliphatic heterocycles. The van der Waals surface area contributed by atoms with Crippen LogP contribution in [0.15, 0.2) is 48.8 Å². The minimum atomic E-state index is -0.913. The van der Waals surface area contributed by atoms with Crippen LogP contribution in [-0.2, 0) is 11.2 Å². The van der Waals surface area contributed by atoms with E-state index in [2.05, 4.69) is 15.2 Å². The largest absolute Gasteiger partial charge is 0.497 e. The highest BCUT2D eigenvalue weighted by Crippen LogP contribution is 2.38. The predicted molar refractivity (Wildman–Crippen MR) is 109 cm³/mol. The summed E-state index contributed by atoms with van der Waals surface area (Å²) < 4.78 is 5.33. The Morgan fingerprint density at radius 1 is 1.24 bits per heavy atom. The fourth-order valence-electron chi connectivity index (χ4n) is 4.37. The summed E-state index contributed by atoms with van der Waals surface area (Å²) in [5.74, 6) is 0.682. The highest BCUT2D eigenvalue weighted by atomic mass is 16.5. The van der Waals surface area contributed by atoms with Crippen molar-refractivity contribution in [2.24, 2.45) is 5.41 Å². The third-order valence-electron chi connectivity index (χ3n) is 6.07. The Bertz CT molecular complexity index is 854. The van der Waals surface area contributed by atoms with Crippen molar-refractivity contribution < 1.29 is 19.7 Å². The molecule has 29 heavy (non-hydrogen) atoms. The summed E-state index contributed by atoms with van der Waals surface area (Å²) in [5, 5.41) is 23.0. The van der Waals surface area contributed by atoms with Crippen LogP contribution in [0.4, 0.5) is 5.69 Å². The second-order valence-corrected chi connectivity index (χ2v) is 8.09. The lowest BCUT2D eigenvalue weighted by Crippen LogP contribution is -2.66. The van der Waals surface area contributed by atoms with Gasteiger partial charge < -0.3 is 25.2 Å². The van der Waals surface area contributed by atoms with Gasteiger partial charge in [0.25, 0.3) is 0 Å². The number of ether oxygens (including phenoxy) is 1. The van der Waals surface area contributed by atoms with Crippen LogP contribution in [0, 0.1) is 5.41 Å². The Hall–Kier alpha value is -2.64. The van der Waals surface area contributed by atoms with Gasteiger partial charge in [-0.25, -0.2) is 0 Å². The molecule has 7 heteroatoms. The average Bonchev–Trinajstić information content (AvgIpc) is 3.03. The normalized spacial score (nSPS) is 25.3. The first kappa shape index (κ1) is 19.7. The number of anilines is 1. The predicted octanol–water partition coefficient (Wildman–Crippen LogP) is 1.14. The number of aliphatic hydroxyl groups is 2. The zero-order chi connectivity index (χ0) is 20.4. The van der Waals surface area contributed by atoms with E-state index in [1.807, 2.05) is 36.4 Å². The van der Waals surface area contributed by atoms with E-state index in [1.54, 1.807) is 19.5 Å². The van der Waals surface area contributed by atoms with Gasteiger partial charge in [-0.15, -0.1) is 0 Å². The van der Waals surface area contributed by atoms with Crippen LogP contribution in [0.1, 0.15) is 18.4 Å². The molecule has 3 N–H and O–H groups in total. The molecule has 2 aromatic rings. The quantitative estimate of drug-likeness (QED) is 0.677. The number of hydrogen-bond donors (Lipinski definition) is 3. The number of aromatic nitrogens is 1. The SMILES string of the molecule is COc1cccc(CC2(C(=O)N[C@@H]3CC[C@@H](O)[C@@H]3O)CN(c3ccncc3)C2)c1. The second-order valence-electron chi connectivity index (χ2n) is 8.09. The number of pyridine rings is 1. The molecule has 3 atom stereocenters. The van der Waals surface area contributed by atoms with Crippen LogP contribution in [0.2, 0.25) is 0 Å². The lowest BCUT2D eigenvalue weighted by molar-refractivity contribution is -0.134. The van der Waals surface area contributed by atoms with Crippen molar-refractivity contribution in [2.75, 3.05) is 25.1 Å². The number of benzene rings is 1. The minimum Gasteiger partial charge on any atom is -0.497 e. The lowest BCUT2D eigenvalue weighted by Gasteiger charge is -2.50. The number of hydrogen-bond acceptors (Lipinski definition) is 6. The van der Waals surface area contributed by atoms with E-state index < -0.39 is 23.7 Å². The van der Waals surface area contributed by atoms with Crippen molar-refractivity contribution in [2.45, 2.75) is 37.5 Å². The first-order valence-electron chi connectivity index (χ1n) is 9.96. The molecular weight excluding hydrogens is 370 g/mol. The van der Waals surface area contributed by atoms with Gasteiger partial charge in [0.05, 0.1) is 30.8 Å². The standard InChI is InChI=1S/C22H27N3O4/c1-29-17-4-2-3-15(11-17)12-22(13-25(14-22)16-7-9-23-10-8-16)21(28)24-18-5-6-19(26)20(18)27/h2-4,7-11,18-20,26-27H,5-6,12-14H2,1H3,(H,24,28)/t18-,19-,20-/m1/s1. The maximum Gasteiger partial charge on any atom is 0.230 e. The van der Waals surface area contributed by atoms with E-state index in [1.165, 1.54) is 0 Å². The van der Waals surface area contributed by atoms with E-state index in [9.17, 15) is 15.0 Å². The maximum absolute atomic E-state index is 13.3. The monoisotopic (exact) mass is 397 g/mol. The van der Waals surface area contributed by atoms with Crippen molar-refractivity contribution in [3.8, 4) is 5.75 Å². The Morgan fingerprint density at radius 3 is 2.66 bits per heavy atom. The third kappa shape index (κ3) is 3.93. The van der Waals surface area contributed by atoms with Gasteiger partial charge >= 0.3 is 0 Å². The highest BCUT2D eigenvalue weighted by molar-refractivity contribution is 5.87. The summed E-state index contributed by atoms with van der Waals surface area (Å²) in [7, 11) is 1.63. The fourth-order valence-corrected chi connectivity index (χ4v) is 4.37. The number of carbonyl (C=O) groups is 1. The van der Waals surface area contributed by atoms with Gasteiger partial charge in [0.2, 0.25) is 5.91 Å². The first-order valence-corrected chi connectivity index (χ1v) is 9.96. The molecule has 2 aliphatic rings. The summed E-state index contributed by atoms with van der Waals surface area (Å²) in [6, 6.07) is 11.2. The summed E-state index contributed by atoms with van der Waals surface area (Å²) in [6.45, 7) is 1.15.